The summed E-state index contributed by atoms with van der Waals surface area (Å²) >= 11 is 0. The van der Waals surface area contributed by atoms with E-state index in [1.165, 1.54) is 0 Å². The van der Waals surface area contributed by atoms with Crippen LogP contribution >= 0.6 is 0 Å². The maximum atomic E-state index is 11.0. The molecule has 0 aliphatic carbocycles. The minimum atomic E-state index is 0.0118. The number of aldehydes is 1. The molecule has 100 valence electrons. The van der Waals surface area contributed by atoms with Gasteiger partial charge in [0.2, 0.25) is 0 Å². The lowest BCUT2D eigenvalue weighted by Crippen LogP contribution is -2.11. The predicted octanol–water partition coefficient (Wildman–Crippen LogP) is 1.81. The summed E-state index contributed by atoms with van der Waals surface area (Å²) in [6.07, 6.45) is 0.860. The van der Waals surface area contributed by atoms with Crippen molar-refractivity contribution >= 4 is 6.29 Å². The lowest BCUT2D eigenvalue weighted by Gasteiger charge is -2.15. The van der Waals surface area contributed by atoms with Crippen LogP contribution in [-0.4, -0.2) is 37.8 Å². The highest BCUT2D eigenvalue weighted by Crippen LogP contribution is 2.27. The molecular formula is C14H20O4. The maximum Gasteiger partial charge on any atom is 0.150 e. The Bertz CT molecular complexity index is 413. The van der Waals surface area contributed by atoms with E-state index in [9.17, 15) is 4.79 Å². The van der Waals surface area contributed by atoms with E-state index in [1.54, 1.807) is 0 Å². The van der Waals surface area contributed by atoms with Crippen molar-refractivity contribution < 1.29 is 19.4 Å². The predicted molar refractivity (Wildman–Crippen MR) is 69.4 cm³/mol. The zero-order valence-corrected chi connectivity index (χ0v) is 11.2. The number of hydrogen-bond donors (Lipinski definition) is 1. The van der Waals surface area contributed by atoms with Gasteiger partial charge in [0.1, 0.15) is 12.4 Å². The van der Waals surface area contributed by atoms with E-state index in [0.717, 1.165) is 28.7 Å². The number of aliphatic hydroxyl groups excluding tert-OH is 1. The molecule has 0 aliphatic rings. The average molecular weight is 252 g/mol. The molecule has 4 nitrogen and oxygen atoms in total. The van der Waals surface area contributed by atoms with Crippen molar-refractivity contribution in [3.8, 4) is 5.75 Å². The third-order valence-corrected chi connectivity index (χ3v) is 2.79. The second-order valence-electron chi connectivity index (χ2n) is 4.18. The molecule has 0 unspecified atom stereocenters. The van der Waals surface area contributed by atoms with Crippen LogP contribution in [0.15, 0.2) is 6.07 Å². The van der Waals surface area contributed by atoms with E-state index in [0.29, 0.717) is 25.4 Å². The first-order chi connectivity index (χ1) is 8.61. The number of carbonyl (C=O) groups excluding carboxylic acids is 1. The average Bonchev–Trinajstić information content (AvgIpc) is 2.32. The first-order valence-corrected chi connectivity index (χ1v) is 5.99. The lowest BCUT2D eigenvalue weighted by molar-refractivity contribution is 0.0702. The third-order valence-electron chi connectivity index (χ3n) is 2.79. The van der Waals surface area contributed by atoms with Gasteiger partial charge < -0.3 is 14.6 Å². The van der Waals surface area contributed by atoms with Crippen molar-refractivity contribution in [1.82, 2.24) is 0 Å². The van der Waals surface area contributed by atoms with Gasteiger partial charge in [0.25, 0.3) is 0 Å². The van der Waals surface area contributed by atoms with Gasteiger partial charge in [-0.25, -0.2) is 0 Å². The highest BCUT2D eigenvalue weighted by Gasteiger charge is 2.11. The summed E-state index contributed by atoms with van der Waals surface area (Å²) in [4.78, 5) is 11.0. The van der Waals surface area contributed by atoms with Crippen molar-refractivity contribution in [3.05, 3.63) is 28.3 Å². The van der Waals surface area contributed by atoms with Crippen LogP contribution in [0.2, 0.25) is 0 Å². The van der Waals surface area contributed by atoms with E-state index in [1.807, 2.05) is 26.8 Å². The summed E-state index contributed by atoms with van der Waals surface area (Å²) in [6, 6.07) is 1.95. The Kier molecular flexibility index (Phi) is 5.82. The molecule has 0 heterocycles. The highest BCUT2D eigenvalue weighted by atomic mass is 16.5. The fourth-order valence-electron chi connectivity index (χ4n) is 1.95. The van der Waals surface area contributed by atoms with Crippen molar-refractivity contribution in [2.45, 2.75) is 20.8 Å². The maximum absolute atomic E-state index is 11.0. The minimum Gasteiger partial charge on any atom is -0.491 e. The fraction of sp³-hybridized carbons (Fsp3) is 0.500. The number of ether oxygens (including phenoxy) is 2. The van der Waals surface area contributed by atoms with Crippen molar-refractivity contribution in [2.75, 3.05) is 26.4 Å². The molecule has 1 aromatic rings. The van der Waals surface area contributed by atoms with Gasteiger partial charge in [0.05, 0.1) is 19.8 Å². The standard InChI is InChI=1S/C14H20O4/c1-10-8-11(2)14(12(3)13(10)9-16)18-7-6-17-5-4-15/h8-9,15H,4-7H2,1-3H3. The molecule has 1 rings (SSSR count). The van der Waals surface area contributed by atoms with Crippen molar-refractivity contribution in [3.63, 3.8) is 0 Å². The minimum absolute atomic E-state index is 0.0118. The van der Waals surface area contributed by atoms with Crippen molar-refractivity contribution in [1.29, 1.82) is 0 Å². The quantitative estimate of drug-likeness (QED) is 0.594. The van der Waals surface area contributed by atoms with Gasteiger partial charge in [-0.05, 0) is 31.9 Å². The summed E-state index contributed by atoms with van der Waals surface area (Å²) in [5.41, 5.74) is 3.53. The monoisotopic (exact) mass is 252 g/mol. The summed E-state index contributed by atoms with van der Waals surface area (Å²) in [7, 11) is 0. The molecule has 0 saturated carbocycles. The third kappa shape index (κ3) is 3.55. The molecule has 0 amide bonds. The van der Waals surface area contributed by atoms with Crippen molar-refractivity contribution in [2.24, 2.45) is 0 Å². The second-order valence-corrected chi connectivity index (χ2v) is 4.18. The Hall–Kier alpha value is -1.39. The summed E-state index contributed by atoms with van der Waals surface area (Å²) < 4.78 is 10.8. The topological polar surface area (TPSA) is 55.8 Å². The van der Waals surface area contributed by atoms with E-state index < -0.39 is 0 Å². The molecule has 0 bridgehead atoms. The number of aryl methyl sites for hydroxylation is 2. The SMILES string of the molecule is Cc1cc(C)c(OCCOCCO)c(C)c1C=O. The summed E-state index contributed by atoms with van der Waals surface area (Å²) in [6.45, 7) is 6.91. The Balaban J connectivity index is 2.73. The molecule has 0 fully saturated rings. The Morgan fingerprint density at radius 2 is 1.89 bits per heavy atom. The Morgan fingerprint density at radius 3 is 2.50 bits per heavy atom. The van der Waals surface area contributed by atoms with E-state index in [-0.39, 0.29) is 6.61 Å². The molecule has 18 heavy (non-hydrogen) atoms. The van der Waals surface area contributed by atoms with Gasteiger partial charge in [0, 0.05) is 11.1 Å². The lowest BCUT2D eigenvalue weighted by atomic mass is 9.99. The largest absolute Gasteiger partial charge is 0.491 e. The van der Waals surface area contributed by atoms with Crippen LogP contribution in [0.4, 0.5) is 0 Å². The van der Waals surface area contributed by atoms with Gasteiger partial charge >= 0.3 is 0 Å². The van der Waals surface area contributed by atoms with E-state index in [2.05, 4.69) is 0 Å². The molecule has 1 aromatic carbocycles. The summed E-state index contributed by atoms with van der Waals surface area (Å²) in [5.74, 6) is 0.746. The first-order valence-electron chi connectivity index (χ1n) is 5.99. The second kappa shape index (κ2) is 7.13. The Labute approximate surface area is 108 Å². The number of rotatable bonds is 7. The van der Waals surface area contributed by atoms with E-state index in [4.69, 9.17) is 14.6 Å². The smallest absolute Gasteiger partial charge is 0.150 e. The van der Waals surface area contributed by atoms with Gasteiger partial charge in [-0.2, -0.15) is 0 Å². The number of carbonyl (C=O) groups is 1. The van der Waals surface area contributed by atoms with Crippen LogP contribution in [0.3, 0.4) is 0 Å². The zero-order chi connectivity index (χ0) is 13.5. The molecule has 0 saturated heterocycles. The van der Waals surface area contributed by atoms with Crippen LogP contribution in [0, 0.1) is 20.8 Å². The van der Waals surface area contributed by atoms with Crippen LogP contribution in [0.1, 0.15) is 27.0 Å². The van der Waals surface area contributed by atoms with Crippen LogP contribution in [0.25, 0.3) is 0 Å². The molecule has 0 aromatic heterocycles. The van der Waals surface area contributed by atoms with Gasteiger partial charge in [-0.3, -0.25) is 4.79 Å². The van der Waals surface area contributed by atoms with E-state index >= 15 is 0 Å². The molecule has 0 atom stereocenters. The number of benzene rings is 1. The zero-order valence-electron chi connectivity index (χ0n) is 11.2. The molecule has 0 aliphatic heterocycles. The van der Waals surface area contributed by atoms with Gasteiger partial charge in [-0.15, -0.1) is 0 Å². The number of hydrogen-bond acceptors (Lipinski definition) is 4. The Morgan fingerprint density at radius 1 is 1.17 bits per heavy atom. The molecule has 1 N–H and O–H groups in total. The molecular weight excluding hydrogens is 232 g/mol. The summed E-state index contributed by atoms with van der Waals surface area (Å²) in [5, 5.41) is 8.57. The van der Waals surface area contributed by atoms with Crippen LogP contribution < -0.4 is 4.74 Å². The van der Waals surface area contributed by atoms with Gasteiger partial charge in [0.15, 0.2) is 6.29 Å². The van der Waals surface area contributed by atoms with Crippen LogP contribution in [0.5, 0.6) is 5.75 Å². The highest BCUT2D eigenvalue weighted by molar-refractivity contribution is 5.81. The normalized spacial score (nSPS) is 10.4. The molecule has 4 heteroatoms. The molecule has 0 spiro atoms. The molecule has 0 radical (unpaired) electrons. The first kappa shape index (κ1) is 14.7. The van der Waals surface area contributed by atoms with Gasteiger partial charge in [-0.1, -0.05) is 6.07 Å². The van der Waals surface area contributed by atoms with Crippen LogP contribution in [-0.2, 0) is 4.74 Å². The number of aliphatic hydroxyl groups is 1. The fourth-order valence-corrected chi connectivity index (χ4v) is 1.95.